The molecule has 1 aliphatic rings. The minimum absolute atomic E-state index is 0.0656. The Balaban J connectivity index is 2.43. The van der Waals surface area contributed by atoms with Gasteiger partial charge in [0.2, 0.25) is 0 Å². The largest absolute Gasteiger partial charge is 0.508 e. The predicted molar refractivity (Wildman–Crippen MR) is 57.4 cm³/mol. The van der Waals surface area contributed by atoms with Crippen LogP contribution in [0.2, 0.25) is 0 Å². The standard InChI is InChI=1S/C12H17NO/c1-9-3-4-11(14)10(7-9)12(8-13)5-2-6-12/h3-4,7,14H,2,5-6,8,13H2,1H3. The summed E-state index contributed by atoms with van der Waals surface area (Å²) in [5.74, 6) is 0.403. The summed E-state index contributed by atoms with van der Waals surface area (Å²) in [6.07, 6.45) is 3.45. The van der Waals surface area contributed by atoms with Crippen molar-refractivity contribution in [1.29, 1.82) is 0 Å². The van der Waals surface area contributed by atoms with Gasteiger partial charge in [0.05, 0.1) is 0 Å². The Morgan fingerprint density at radius 1 is 1.43 bits per heavy atom. The maximum Gasteiger partial charge on any atom is 0.119 e. The van der Waals surface area contributed by atoms with Crippen molar-refractivity contribution in [2.45, 2.75) is 31.6 Å². The second kappa shape index (κ2) is 3.28. The number of phenols is 1. The number of aromatic hydroxyl groups is 1. The summed E-state index contributed by atoms with van der Waals surface area (Å²) in [5.41, 5.74) is 8.11. The van der Waals surface area contributed by atoms with Crippen LogP contribution in [0.3, 0.4) is 0 Å². The van der Waals surface area contributed by atoms with Crippen LogP contribution in [0.4, 0.5) is 0 Å². The van der Waals surface area contributed by atoms with Gasteiger partial charge < -0.3 is 10.8 Å². The van der Waals surface area contributed by atoms with Crippen LogP contribution in [0.25, 0.3) is 0 Å². The number of nitrogens with two attached hydrogens (primary N) is 1. The Hall–Kier alpha value is -1.02. The smallest absolute Gasteiger partial charge is 0.119 e. The lowest BCUT2D eigenvalue weighted by Gasteiger charge is -2.41. The number of phenolic OH excluding ortho intramolecular Hbond substituents is 1. The summed E-state index contributed by atoms with van der Waals surface area (Å²) < 4.78 is 0. The van der Waals surface area contributed by atoms with Crippen molar-refractivity contribution in [2.75, 3.05) is 6.54 Å². The van der Waals surface area contributed by atoms with Crippen molar-refractivity contribution in [3.8, 4) is 5.75 Å². The molecule has 1 saturated carbocycles. The molecule has 1 aromatic carbocycles. The Labute approximate surface area is 84.7 Å². The van der Waals surface area contributed by atoms with Gasteiger partial charge in [-0.25, -0.2) is 0 Å². The Morgan fingerprint density at radius 3 is 2.64 bits per heavy atom. The molecule has 2 heteroatoms. The van der Waals surface area contributed by atoms with Gasteiger partial charge in [0.15, 0.2) is 0 Å². The molecule has 0 bridgehead atoms. The van der Waals surface area contributed by atoms with Crippen molar-refractivity contribution >= 4 is 0 Å². The summed E-state index contributed by atoms with van der Waals surface area (Å²) in [5, 5.41) is 9.81. The summed E-state index contributed by atoms with van der Waals surface area (Å²) in [4.78, 5) is 0. The number of aryl methyl sites for hydroxylation is 1. The molecule has 2 rings (SSSR count). The Kier molecular flexibility index (Phi) is 2.23. The van der Waals surface area contributed by atoms with E-state index in [-0.39, 0.29) is 5.41 Å². The summed E-state index contributed by atoms with van der Waals surface area (Å²) in [6.45, 7) is 2.69. The molecule has 0 aromatic heterocycles. The molecule has 0 heterocycles. The molecule has 1 aliphatic carbocycles. The monoisotopic (exact) mass is 191 g/mol. The maximum absolute atomic E-state index is 9.81. The summed E-state index contributed by atoms with van der Waals surface area (Å²) in [6, 6.07) is 5.78. The van der Waals surface area contributed by atoms with Gasteiger partial charge in [-0.1, -0.05) is 24.1 Å². The predicted octanol–water partition coefficient (Wildman–Crippen LogP) is 2.08. The van der Waals surface area contributed by atoms with E-state index >= 15 is 0 Å². The highest BCUT2D eigenvalue weighted by Gasteiger charge is 2.39. The highest BCUT2D eigenvalue weighted by Crippen LogP contribution is 2.46. The fraction of sp³-hybridized carbons (Fsp3) is 0.500. The van der Waals surface area contributed by atoms with Gasteiger partial charge in [0, 0.05) is 17.5 Å². The number of hydrogen-bond donors (Lipinski definition) is 2. The SMILES string of the molecule is Cc1ccc(O)c(C2(CN)CCC2)c1. The fourth-order valence-electron chi connectivity index (χ4n) is 2.26. The van der Waals surface area contributed by atoms with Gasteiger partial charge >= 0.3 is 0 Å². The van der Waals surface area contributed by atoms with Crippen molar-refractivity contribution < 1.29 is 5.11 Å². The highest BCUT2D eigenvalue weighted by atomic mass is 16.3. The zero-order valence-electron chi connectivity index (χ0n) is 8.59. The first kappa shape index (κ1) is 9.53. The van der Waals surface area contributed by atoms with Crippen LogP contribution in [0, 0.1) is 6.92 Å². The molecule has 0 amide bonds. The first-order chi connectivity index (χ1) is 6.68. The molecule has 14 heavy (non-hydrogen) atoms. The van der Waals surface area contributed by atoms with E-state index in [2.05, 4.69) is 6.07 Å². The topological polar surface area (TPSA) is 46.2 Å². The van der Waals surface area contributed by atoms with Gasteiger partial charge in [0.1, 0.15) is 5.75 Å². The molecule has 76 valence electrons. The van der Waals surface area contributed by atoms with Crippen LogP contribution in [0.5, 0.6) is 5.75 Å². The van der Waals surface area contributed by atoms with Crippen LogP contribution in [0.15, 0.2) is 18.2 Å². The lowest BCUT2D eigenvalue weighted by atomic mass is 9.64. The van der Waals surface area contributed by atoms with Crippen molar-refractivity contribution in [3.05, 3.63) is 29.3 Å². The van der Waals surface area contributed by atoms with Crippen LogP contribution < -0.4 is 5.73 Å². The van der Waals surface area contributed by atoms with Crippen LogP contribution >= 0.6 is 0 Å². The Bertz CT molecular complexity index is 337. The van der Waals surface area contributed by atoms with Crippen molar-refractivity contribution in [1.82, 2.24) is 0 Å². The lowest BCUT2D eigenvalue weighted by Crippen LogP contribution is -2.41. The number of benzene rings is 1. The third-order valence-corrected chi connectivity index (χ3v) is 3.42. The average Bonchev–Trinajstić information content (AvgIpc) is 2.10. The summed E-state index contributed by atoms with van der Waals surface area (Å²) >= 11 is 0. The molecule has 0 saturated heterocycles. The van der Waals surface area contributed by atoms with Crippen molar-refractivity contribution in [3.63, 3.8) is 0 Å². The first-order valence-electron chi connectivity index (χ1n) is 5.18. The molecule has 0 spiro atoms. The molecule has 0 atom stereocenters. The van der Waals surface area contributed by atoms with E-state index in [1.165, 1.54) is 12.0 Å². The first-order valence-corrected chi connectivity index (χ1v) is 5.18. The Morgan fingerprint density at radius 2 is 2.14 bits per heavy atom. The quantitative estimate of drug-likeness (QED) is 0.751. The van der Waals surface area contributed by atoms with Gasteiger partial charge in [-0.15, -0.1) is 0 Å². The molecular weight excluding hydrogens is 174 g/mol. The average molecular weight is 191 g/mol. The van der Waals surface area contributed by atoms with Crippen LogP contribution in [0.1, 0.15) is 30.4 Å². The fourth-order valence-corrected chi connectivity index (χ4v) is 2.26. The summed E-state index contributed by atoms with van der Waals surface area (Å²) in [7, 11) is 0. The zero-order valence-corrected chi connectivity index (χ0v) is 8.59. The van der Waals surface area contributed by atoms with Gasteiger partial charge in [0.25, 0.3) is 0 Å². The number of hydrogen-bond acceptors (Lipinski definition) is 2. The van der Waals surface area contributed by atoms with Gasteiger partial charge in [-0.3, -0.25) is 0 Å². The van der Waals surface area contributed by atoms with Gasteiger partial charge in [-0.05, 0) is 25.8 Å². The van der Waals surface area contributed by atoms with E-state index in [0.717, 1.165) is 18.4 Å². The molecule has 1 fully saturated rings. The maximum atomic E-state index is 9.81. The van der Waals surface area contributed by atoms with E-state index in [1.807, 2.05) is 13.0 Å². The third kappa shape index (κ3) is 1.30. The lowest BCUT2D eigenvalue weighted by molar-refractivity contribution is 0.245. The van der Waals surface area contributed by atoms with E-state index in [9.17, 15) is 5.11 Å². The van der Waals surface area contributed by atoms with E-state index in [4.69, 9.17) is 5.73 Å². The molecular formula is C12H17NO. The minimum Gasteiger partial charge on any atom is -0.508 e. The molecule has 0 radical (unpaired) electrons. The number of rotatable bonds is 2. The van der Waals surface area contributed by atoms with Crippen molar-refractivity contribution in [2.24, 2.45) is 5.73 Å². The normalized spacial score (nSPS) is 19.0. The zero-order chi connectivity index (χ0) is 10.2. The van der Waals surface area contributed by atoms with E-state index in [1.54, 1.807) is 6.07 Å². The molecule has 1 aromatic rings. The molecule has 0 aliphatic heterocycles. The van der Waals surface area contributed by atoms with Crippen LogP contribution in [-0.4, -0.2) is 11.7 Å². The molecule has 3 N–H and O–H groups in total. The minimum atomic E-state index is 0.0656. The van der Waals surface area contributed by atoms with Gasteiger partial charge in [-0.2, -0.15) is 0 Å². The second-order valence-electron chi connectivity index (χ2n) is 4.36. The second-order valence-corrected chi connectivity index (χ2v) is 4.36. The molecule has 0 unspecified atom stereocenters. The highest BCUT2D eigenvalue weighted by molar-refractivity contribution is 5.43. The van der Waals surface area contributed by atoms with E-state index < -0.39 is 0 Å². The van der Waals surface area contributed by atoms with Crippen LogP contribution in [-0.2, 0) is 5.41 Å². The van der Waals surface area contributed by atoms with E-state index in [0.29, 0.717) is 12.3 Å². The third-order valence-electron chi connectivity index (χ3n) is 3.42. The molecule has 2 nitrogen and oxygen atoms in total.